The van der Waals surface area contributed by atoms with Crippen molar-refractivity contribution in [1.29, 1.82) is 0 Å². The molecule has 0 bridgehead atoms. The predicted octanol–water partition coefficient (Wildman–Crippen LogP) is 2.05. The van der Waals surface area contributed by atoms with Gasteiger partial charge in [0.25, 0.3) is 5.92 Å². The van der Waals surface area contributed by atoms with Crippen molar-refractivity contribution >= 4 is 22.5 Å². The molecule has 1 fully saturated rings. The molecule has 8 heteroatoms. The van der Waals surface area contributed by atoms with Gasteiger partial charge in [-0.25, -0.2) is 13.6 Å². The minimum Gasteiger partial charge on any atom is -0.324 e. The number of anilines is 1. The Kier molecular flexibility index (Phi) is 3.23. The molecular formula is C9H12F2N4OS. The highest BCUT2D eigenvalue weighted by molar-refractivity contribution is 7.13. The molecule has 1 N–H and O–H groups in total. The highest BCUT2D eigenvalue weighted by Crippen LogP contribution is 2.33. The van der Waals surface area contributed by atoms with Crippen LogP contribution in [-0.2, 0) is 0 Å². The van der Waals surface area contributed by atoms with Crippen molar-refractivity contribution in [1.82, 2.24) is 15.1 Å². The van der Waals surface area contributed by atoms with Crippen LogP contribution in [0.1, 0.15) is 13.3 Å². The van der Waals surface area contributed by atoms with E-state index in [0.717, 1.165) is 0 Å². The maximum atomic E-state index is 13.2. The summed E-state index contributed by atoms with van der Waals surface area (Å²) in [6.07, 6.45) is -0.294. The van der Waals surface area contributed by atoms with Gasteiger partial charge in [0, 0.05) is 25.4 Å². The van der Waals surface area contributed by atoms with E-state index in [0.29, 0.717) is 5.13 Å². The zero-order chi connectivity index (χ0) is 12.5. The van der Waals surface area contributed by atoms with Crippen LogP contribution in [0.3, 0.4) is 0 Å². The Hall–Kier alpha value is -1.31. The zero-order valence-electron chi connectivity index (χ0n) is 9.19. The van der Waals surface area contributed by atoms with Crippen LogP contribution in [0.5, 0.6) is 0 Å². The lowest BCUT2D eigenvalue weighted by atomic mass is 9.96. The summed E-state index contributed by atoms with van der Waals surface area (Å²) in [6.45, 7) is 1.56. The number of likely N-dealkylation sites (tertiary alicyclic amines) is 1. The first-order chi connectivity index (χ1) is 7.99. The van der Waals surface area contributed by atoms with Gasteiger partial charge in [0.15, 0.2) is 0 Å². The summed E-state index contributed by atoms with van der Waals surface area (Å²) < 4.78 is 26.5. The number of carbonyl (C=O) groups excluding carboxylic acids is 1. The van der Waals surface area contributed by atoms with Gasteiger partial charge in [-0.1, -0.05) is 18.3 Å². The maximum absolute atomic E-state index is 13.2. The molecule has 0 spiro atoms. The number of alkyl halides is 2. The standard InChI is InChI=1S/C9H12F2N4OS/c1-6-4-15(3-2-9(6,10)11)8(16)13-7-14-12-5-17-7/h5-6H,2-4H2,1H3,(H,13,14,16). The highest BCUT2D eigenvalue weighted by atomic mass is 32.1. The van der Waals surface area contributed by atoms with Gasteiger partial charge in [0.1, 0.15) is 5.51 Å². The summed E-state index contributed by atoms with van der Waals surface area (Å²) in [5, 5.41) is 10.1. The fourth-order valence-electron chi connectivity index (χ4n) is 1.67. The maximum Gasteiger partial charge on any atom is 0.323 e. The molecular weight excluding hydrogens is 250 g/mol. The minimum absolute atomic E-state index is 0.0532. The van der Waals surface area contributed by atoms with E-state index in [1.807, 2.05) is 0 Å². The topological polar surface area (TPSA) is 58.1 Å². The Balaban J connectivity index is 1.93. The number of nitrogens with zero attached hydrogens (tertiary/aromatic N) is 3. The molecule has 2 amide bonds. The molecule has 0 radical (unpaired) electrons. The summed E-state index contributed by atoms with van der Waals surface area (Å²) in [5.74, 6) is -3.50. The van der Waals surface area contributed by atoms with Gasteiger partial charge in [0.2, 0.25) is 5.13 Å². The number of piperidine rings is 1. The molecule has 1 aromatic heterocycles. The number of amides is 2. The van der Waals surface area contributed by atoms with E-state index in [4.69, 9.17) is 0 Å². The first kappa shape index (κ1) is 12.2. The number of rotatable bonds is 1. The normalized spacial score (nSPS) is 23.5. The van der Waals surface area contributed by atoms with E-state index in [9.17, 15) is 13.6 Å². The van der Waals surface area contributed by atoms with Crippen LogP contribution in [0.2, 0.25) is 0 Å². The second-order valence-electron chi connectivity index (χ2n) is 4.03. The Labute approximate surface area is 101 Å². The third-order valence-corrected chi connectivity index (χ3v) is 3.40. The van der Waals surface area contributed by atoms with Gasteiger partial charge in [-0.2, -0.15) is 0 Å². The van der Waals surface area contributed by atoms with Crippen molar-refractivity contribution in [2.75, 3.05) is 18.4 Å². The molecule has 94 valence electrons. The molecule has 2 heterocycles. The van der Waals surface area contributed by atoms with Crippen molar-refractivity contribution in [3.63, 3.8) is 0 Å². The van der Waals surface area contributed by atoms with E-state index in [1.165, 1.54) is 28.7 Å². The van der Waals surface area contributed by atoms with Crippen LogP contribution in [0.4, 0.5) is 18.7 Å². The number of nitrogens with one attached hydrogen (secondary N) is 1. The molecule has 1 atom stereocenters. The largest absolute Gasteiger partial charge is 0.324 e. The van der Waals surface area contributed by atoms with Crippen LogP contribution in [0, 0.1) is 5.92 Å². The second kappa shape index (κ2) is 4.52. The van der Waals surface area contributed by atoms with Crippen LogP contribution in [0.15, 0.2) is 5.51 Å². The summed E-state index contributed by atoms with van der Waals surface area (Å²) in [5.41, 5.74) is 1.49. The van der Waals surface area contributed by atoms with E-state index in [1.54, 1.807) is 0 Å². The Morgan fingerprint density at radius 1 is 1.71 bits per heavy atom. The number of urea groups is 1. The number of aromatic nitrogens is 2. The van der Waals surface area contributed by atoms with E-state index >= 15 is 0 Å². The fraction of sp³-hybridized carbons (Fsp3) is 0.667. The lowest BCUT2D eigenvalue weighted by Gasteiger charge is -2.36. The van der Waals surface area contributed by atoms with Gasteiger partial charge in [-0.15, -0.1) is 10.2 Å². The molecule has 1 aromatic rings. The van der Waals surface area contributed by atoms with Crippen LogP contribution in [0.25, 0.3) is 0 Å². The van der Waals surface area contributed by atoms with Crippen molar-refractivity contribution in [2.45, 2.75) is 19.3 Å². The molecule has 5 nitrogen and oxygen atoms in total. The molecule has 0 aliphatic carbocycles. The predicted molar refractivity (Wildman–Crippen MR) is 59.2 cm³/mol. The smallest absolute Gasteiger partial charge is 0.323 e. The molecule has 0 saturated carbocycles. The summed E-state index contributed by atoms with van der Waals surface area (Å²) in [7, 11) is 0. The average Bonchev–Trinajstić information content (AvgIpc) is 2.74. The quantitative estimate of drug-likeness (QED) is 0.842. The third-order valence-electron chi connectivity index (χ3n) is 2.79. The van der Waals surface area contributed by atoms with Crippen LogP contribution < -0.4 is 5.32 Å². The van der Waals surface area contributed by atoms with Gasteiger partial charge >= 0.3 is 6.03 Å². The Morgan fingerprint density at radius 3 is 3.06 bits per heavy atom. The molecule has 0 aromatic carbocycles. The number of carbonyl (C=O) groups is 1. The van der Waals surface area contributed by atoms with Crippen LogP contribution >= 0.6 is 11.3 Å². The SMILES string of the molecule is CC1CN(C(=O)Nc2nncs2)CCC1(F)F. The average molecular weight is 262 g/mol. The first-order valence-corrected chi connectivity index (χ1v) is 6.07. The monoisotopic (exact) mass is 262 g/mol. The first-order valence-electron chi connectivity index (χ1n) is 5.19. The number of hydrogen-bond acceptors (Lipinski definition) is 4. The molecule has 1 saturated heterocycles. The third kappa shape index (κ3) is 2.68. The lowest BCUT2D eigenvalue weighted by Crippen LogP contribution is -2.49. The summed E-state index contributed by atoms with van der Waals surface area (Å²) >= 11 is 1.19. The molecule has 1 aliphatic heterocycles. The molecule has 1 aliphatic rings. The van der Waals surface area contributed by atoms with E-state index in [-0.39, 0.29) is 19.5 Å². The number of hydrogen-bond donors (Lipinski definition) is 1. The second-order valence-corrected chi connectivity index (χ2v) is 4.87. The van der Waals surface area contributed by atoms with Gasteiger partial charge in [-0.3, -0.25) is 5.32 Å². The zero-order valence-corrected chi connectivity index (χ0v) is 10.0. The van der Waals surface area contributed by atoms with Gasteiger partial charge in [-0.05, 0) is 0 Å². The van der Waals surface area contributed by atoms with Crippen molar-refractivity contribution < 1.29 is 13.6 Å². The Morgan fingerprint density at radius 2 is 2.47 bits per heavy atom. The summed E-state index contributed by atoms with van der Waals surface area (Å²) in [6, 6.07) is -0.399. The van der Waals surface area contributed by atoms with Crippen molar-refractivity contribution in [2.24, 2.45) is 5.92 Å². The van der Waals surface area contributed by atoms with Gasteiger partial charge in [0.05, 0.1) is 0 Å². The summed E-state index contributed by atoms with van der Waals surface area (Å²) in [4.78, 5) is 13.1. The van der Waals surface area contributed by atoms with Gasteiger partial charge < -0.3 is 4.90 Å². The lowest BCUT2D eigenvalue weighted by molar-refractivity contribution is -0.0899. The van der Waals surface area contributed by atoms with E-state index in [2.05, 4.69) is 15.5 Å². The van der Waals surface area contributed by atoms with Crippen LogP contribution in [-0.4, -0.2) is 40.1 Å². The van der Waals surface area contributed by atoms with Crippen molar-refractivity contribution in [3.05, 3.63) is 5.51 Å². The fourth-order valence-corrected chi connectivity index (χ4v) is 2.10. The molecule has 2 rings (SSSR count). The highest BCUT2D eigenvalue weighted by Gasteiger charge is 2.42. The Bertz CT molecular complexity index is 398. The minimum atomic E-state index is -2.68. The van der Waals surface area contributed by atoms with E-state index < -0.39 is 17.9 Å². The molecule has 1 unspecified atom stereocenters. The molecule has 17 heavy (non-hydrogen) atoms. The van der Waals surface area contributed by atoms with Crippen molar-refractivity contribution in [3.8, 4) is 0 Å². The number of halogens is 2.